The third-order valence-corrected chi connectivity index (χ3v) is 3.14. The summed E-state index contributed by atoms with van der Waals surface area (Å²) in [5.41, 5.74) is 2.60. The monoisotopic (exact) mass is 258 g/mol. The van der Waals surface area contributed by atoms with E-state index in [1.54, 1.807) is 7.11 Å². The van der Waals surface area contributed by atoms with Gasteiger partial charge in [-0.2, -0.15) is 0 Å². The first kappa shape index (κ1) is 13.2. The van der Waals surface area contributed by atoms with Crippen LogP contribution < -0.4 is 4.74 Å². The van der Waals surface area contributed by atoms with Crippen LogP contribution in [0, 0.1) is 0 Å². The predicted molar refractivity (Wildman–Crippen MR) is 77.6 cm³/mol. The number of rotatable bonds is 4. The Bertz CT molecular complexity index is 639. The normalized spacial score (nSPS) is 11.2. The lowest BCUT2D eigenvalue weighted by Gasteiger charge is -2.04. The highest BCUT2D eigenvalue weighted by Crippen LogP contribution is 2.28. The summed E-state index contributed by atoms with van der Waals surface area (Å²) in [5, 5.41) is 0.912. The number of aromatic nitrogens is 1. The molecule has 100 valence electrons. The van der Waals surface area contributed by atoms with Gasteiger partial charge in [0.2, 0.25) is 0 Å². The summed E-state index contributed by atoms with van der Waals surface area (Å²) in [4.78, 5) is 13.3. The van der Waals surface area contributed by atoms with Crippen LogP contribution >= 0.6 is 0 Å². The average molecular weight is 258 g/mol. The van der Waals surface area contributed by atoms with Gasteiger partial charge in [0.05, 0.1) is 12.8 Å². The SMILES string of the molecule is COc1ccc2c(c1)c(C=O)c(C=CN(C)C)n2C. The summed E-state index contributed by atoms with van der Waals surface area (Å²) in [6, 6.07) is 5.76. The van der Waals surface area contributed by atoms with Gasteiger partial charge in [-0.25, -0.2) is 0 Å². The molecule has 0 bridgehead atoms. The van der Waals surface area contributed by atoms with Crippen molar-refractivity contribution in [3.8, 4) is 5.75 Å². The number of hydrogen-bond acceptors (Lipinski definition) is 3. The molecule has 0 fully saturated rings. The smallest absolute Gasteiger partial charge is 0.152 e. The van der Waals surface area contributed by atoms with Crippen LogP contribution in [0.1, 0.15) is 16.1 Å². The molecule has 0 saturated heterocycles. The van der Waals surface area contributed by atoms with E-state index in [9.17, 15) is 4.79 Å². The first-order valence-electron chi connectivity index (χ1n) is 6.04. The molecule has 1 aromatic carbocycles. The Labute approximate surface area is 112 Å². The molecular weight excluding hydrogens is 240 g/mol. The molecule has 1 heterocycles. The second-order valence-electron chi connectivity index (χ2n) is 4.64. The molecule has 0 aliphatic carbocycles. The van der Waals surface area contributed by atoms with Crippen molar-refractivity contribution in [2.24, 2.45) is 7.05 Å². The maximum Gasteiger partial charge on any atom is 0.152 e. The molecule has 0 atom stereocenters. The fourth-order valence-electron chi connectivity index (χ4n) is 2.14. The molecule has 0 unspecified atom stereocenters. The molecule has 0 aliphatic heterocycles. The van der Waals surface area contributed by atoms with Gasteiger partial charge in [-0.15, -0.1) is 0 Å². The third-order valence-electron chi connectivity index (χ3n) is 3.14. The molecule has 19 heavy (non-hydrogen) atoms. The number of hydrogen-bond donors (Lipinski definition) is 0. The maximum atomic E-state index is 11.4. The van der Waals surface area contributed by atoms with Gasteiger partial charge >= 0.3 is 0 Å². The van der Waals surface area contributed by atoms with E-state index in [0.717, 1.165) is 28.6 Å². The average Bonchev–Trinajstić information content (AvgIpc) is 2.67. The minimum atomic E-state index is 0.689. The van der Waals surface area contributed by atoms with Crippen LogP contribution in [0.5, 0.6) is 5.75 Å². The summed E-state index contributed by atoms with van der Waals surface area (Å²) >= 11 is 0. The van der Waals surface area contributed by atoms with Gasteiger partial charge in [-0.3, -0.25) is 4.79 Å². The van der Waals surface area contributed by atoms with Crippen molar-refractivity contribution in [1.82, 2.24) is 9.47 Å². The zero-order valence-corrected chi connectivity index (χ0v) is 11.7. The van der Waals surface area contributed by atoms with E-state index >= 15 is 0 Å². The Kier molecular flexibility index (Phi) is 3.60. The van der Waals surface area contributed by atoms with E-state index in [1.165, 1.54) is 0 Å². The van der Waals surface area contributed by atoms with Crippen LogP contribution in [0.2, 0.25) is 0 Å². The first-order chi connectivity index (χ1) is 9.08. The van der Waals surface area contributed by atoms with Gasteiger partial charge in [-0.1, -0.05) is 0 Å². The fraction of sp³-hybridized carbons (Fsp3) is 0.267. The lowest BCUT2D eigenvalue weighted by molar-refractivity contribution is 0.112. The molecule has 0 N–H and O–H groups in total. The van der Waals surface area contributed by atoms with Gasteiger partial charge in [0.25, 0.3) is 0 Å². The zero-order chi connectivity index (χ0) is 14.0. The van der Waals surface area contributed by atoms with Crippen molar-refractivity contribution >= 4 is 23.3 Å². The number of carbonyl (C=O) groups is 1. The molecule has 0 aliphatic rings. The van der Waals surface area contributed by atoms with Gasteiger partial charge in [-0.05, 0) is 24.3 Å². The summed E-state index contributed by atoms with van der Waals surface area (Å²) < 4.78 is 7.23. The summed E-state index contributed by atoms with van der Waals surface area (Å²) in [5.74, 6) is 0.754. The molecule has 1 aromatic heterocycles. The van der Waals surface area contributed by atoms with Crippen LogP contribution in [0.3, 0.4) is 0 Å². The van der Waals surface area contributed by atoms with E-state index < -0.39 is 0 Å². The second kappa shape index (κ2) is 5.18. The Morgan fingerprint density at radius 1 is 1.32 bits per heavy atom. The topological polar surface area (TPSA) is 34.5 Å². The minimum Gasteiger partial charge on any atom is -0.497 e. The molecule has 2 aromatic rings. The Morgan fingerprint density at radius 3 is 2.63 bits per heavy atom. The molecule has 4 heteroatoms. The molecule has 2 rings (SSSR count). The van der Waals surface area contributed by atoms with Crippen LogP contribution in [-0.2, 0) is 7.05 Å². The summed E-state index contributed by atoms with van der Waals surface area (Å²) in [6.07, 6.45) is 4.77. The lowest BCUT2D eigenvalue weighted by Crippen LogP contribution is -2.01. The third kappa shape index (κ3) is 2.34. The zero-order valence-electron chi connectivity index (χ0n) is 11.7. The molecule has 0 amide bonds. The molecular formula is C15H18N2O2. The number of aldehydes is 1. The van der Waals surface area contributed by atoms with Crippen LogP contribution in [0.4, 0.5) is 0 Å². The van der Waals surface area contributed by atoms with E-state index in [-0.39, 0.29) is 0 Å². The molecule has 0 spiro atoms. The van der Waals surface area contributed by atoms with Crippen LogP contribution in [0.15, 0.2) is 24.4 Å². The number of benzene rings is 1. The van der Waals surface area contributed by atoms with E-state index in [2.05, 4.69) is 0 Å². The Morgan fingerprint density at radius 2 is 2.05 bits per heavy atom. The molecule has 0 radical (unpaired) electrons. The number of fused-ring (bicyclic) bond motifs is 1. The quantitative estimate of drug-likeness (QED) is 0.790. The number of nitrogens with zero attached hydrogens (tertiary/aromatic N) is 2. The van der Waals surface area contributed by atoms with E-state index in [0.29, 0.717) is 5.56 Å². The molecule has 4 nitrogen and oxygen atoms in total. The number of ether oxygens (including phenoxy) is 1. The highest BCUT2D eigenvalue weighted by atomic mass is 16.5. The van der Waals surface area contributed by atoms with Crippen molar-refractivity contribution in [3.05, 3.63) is 35.7 Å². The number of aryl methyl sites for hydroxylation is 1. The first-order valence-corrected chi connectivity index (χ1v) is 6.04. The van der Waals surface area contributed by atoms with E-state index in [1.807, 2.05) is 61.1 Å². The summed E-state index contributed by atoms with van der Waals surface area (Å²) in [7, 11) is 7.47. The predicted octanol–water partition coefficient (Wildman–Crippen LogP) is 2.53. The van der Waals surface area contributed by atoms with Crippen molar-refractivity contribution < 1.29 is 9.53 Å². The van der Waals surface area contributed by atoms with Crippen LogP contribution in [0.25, 0.3) is 17.0 Å². The largest absolute Gasteiger partial charge is 0.497 e. The highest BCUT2D eigenvalue weighted by molar-refractivity contribution is 6.02. The lowest BCUT2D eigenvalue weighted by atomic mass is 10.1. The standard InChI is InChI=1S/C15H18N2O2/c1-16(2)8-7-15-13(10-18)12-9-11(19-4)5-6-14(12)17(15)3/h5-10H,1-4H3. The second-order valence-corrected chi connectivity index (χ2v) is 4.64. The number of carbonyl (C=O) groups excluding carboxylic acids is 1. The van der Waals surface area contributed by atoms with Crippen molar-refractivity contribution in [1.29, 1.82) is 0 Å². The fourth-order valence-corrected chi connectivity index (χ4v) is 2.14. The molecule has 0 saturated carbocycles. The maximum absolute atomic E-state index is 11.4. The van der Waals surface area contributed by atoms with Gasteiger partial charge < -0.3 is 14.2 Å². The van der Waals surface area contributed by atoms with Gasteiger partial charge in [0.15, 0.2) is 6.29 Å². The number of methoxy groups -OCH3 is 1. The minimum absolute atomic E-state index is 0.689. The van der Waals surface area contributed by atoms with Crippen molar-refractivity contribution in [2.45, 2.75) is 0 Å². The summed E-state index contributed by atoms with van der Waals surface area (Å²) in [6.45, 7) is 0. The van der Waals surface area contributed by atoms with Crippen molar-refractivity contribution in [2.75, 3.05) is 21.2 Å². The highest BCUT2D eigenvalue weighted by Gasteiger charge is 2.13. The van der Waals surface area contributed by atoms with Gasteiger partial charge in [0, 0.05) is 43.8 Å². The van der Waals surface area contributed by atoms with Gasteiger partial charge in [0.1, 0.15) is 5.75 Å². The van der Waals surface area contributed by atoms with Crippen molar-refractivity contribution in [3.63, 3.8) is 0 Å². The van der Waals surface area contributed by atoms with E-state index in [4.69, 9.17) is 4.74 Å². The Balaban J connectivity index is 2.70. The Hall–Kier alpha value is -2.23. The van der Waals surface area contributed by atoms with Crippen LogP contribution in [-0.4, -0.2) is 37.0 Å².